The van der Waals surface area contributed by atoms with E-state index >= 15 is 0 Å². The molecule has 0 N–H and O–H groups in total. The Balaban J connectivity index is 1.79. The first kappa shape index (κ1) is 16.3. The Kier molecular flexibility index (Phi) is 4.23. The van der Waals surface area contributed by atoms with E-state index in [4.69, 9.17) is 14.9 Å². The van der Waals surface area contributed by atoms with Crippen molar-refractivity contribution in [3.05, 3.63) is 53.8 Å². The molecule has 3 aromatic rings. The van der Waals surface area contributed by atoms with E-state index in [0.29, 0.717) is 5.76 Å². The van der Waals surface area contributed by atoms with Crippen molar-refractivity contribution < 1.29 is 9.21 Å². The lowest BCUT2D eigenvalue weighted by atomic mass is 10.2. The van der Waals surface area contributed by atoms with Gasteiger partial charge in [0.25, 0.3) is 0 Å². The van der Waals surface area contributed by atoms with Gasteiger partial charge in [-0.25, -0.2) is 4.98 Å². The van der Waals surface area contributed by atoms with E-state index in [1.807, 2.05) is 49.4 Å². The molecule has 0 unspecified atom stereocenters. The molecule has 25 heavy (non-hydrogen) atoms. The normalized spacial score (nSPS) is 11.7. The Morgan fingerprint density at radius 1 is 1.36 bits per heavy atom. The van der Waals surface area contributed by atoms with E-state index in [2.05, 4.69) is 4.98 Å². The summed E-state index contributed by atoms with van der Waals surface area (Å²) in [6.45, 7) is 1.80. The van der Waals surface area contributed by atoms with Crippen molar-refractivity contribution in [3.8, 4) is 12.1 Å². The van der Waals surface area contributed by atoms with Crippen LogP contribution in [0.2, 0.25) is 0 Å². The summed E-state index contributed by atoms with van der Waals surface area (Å²) >= 11 is 0. The Morgan fingerprint density at radius 3 is 2.80 bits per heavy atom. The second kappa shape index (κ2) is 6.50. The minimum Gasteiger partial charge on any atom is -0.459 e. The summed E-state index contributed by atoms with van der Waals surface area (Å²) in [6.07, 6.45) is 1.33. The van der Waals surface area contributed by atoms with Crippen molar-refractivity contribution in [2.45, 2.75) is 19.5 Å². The van der Waals surface area contributed by atoms with Gasteiger partial charge in [0.15, 0.2) is 11.4 Å². The molecule has 1 aromatic carbocycles. The number of hydrogen-bond acceptors (Lipinski definition) is 5. The standard InChI is InChI=1S/C18H15N5O2/c1-12(17-7-13-5-3-4-6-16(13)25-17)22(2)18(24)10-23-11-21-14(8-19)15(23)9-20/h3-7,11-12H,10H2,1-2H3/t12-/m0/s1. The smallest absolute Gasteiger partial charge is 0.242 e. The third kappa shape index (κ3) is 2.96. The van der Waals surface area contributed by atoms with Gasteiger partial charge in [0.1, 0.15) is 30.0 Å². The number of carbonyl (C=O) groups excluding carboxylic acids is 1. The topological polar surface area (TPSA) is 98.8 Å². The van der Waals surface area contributed by atoms with Crippen LogP contribution in [0, 0.1) is 22.7 Å². The van der Waals surface area contributed by atoms with E-state index in [-0.39, 0.29) is 29.9 Å². The number of rotatable bonds is 4. The molecule has 0 aliphatic heterocycles. The van der Waals surface area contributed by atoms with Gasteiger partial charge in [-0.2, -0.15) is 10.5 Å². The number of amides is 1. The molecule has 1 atom stereocenters. The maximum atomic E-state index is 12.6. The quantitative estimate of drug-likeness (QED) is 0.730. The van der Waals surface area contributed by atoms with Gasteiger partial charge < -0.3 is 13.9 Å². The lowest BCUT2D eigenvalue weighted by molar-refractivity contribution is -0.132. The van der Waals surface area contributed by atoms with Crippen molar-refractivity contribution in [2.24, 2.45) is 0 Å². The SMILES string of the molecule is C[C@@H](c1cc2ccccc2o1)N(C)C(=O)Cn1cnc(C#N)c1C#N. The molecule has 0 radical (unpaired) electrons. The minimum absolute atomic E-state index is 0.0169. The summed E-state index contributed by atoms with van der Waals surface area (Å²) in [5, 5.41) is 19.0. The summed E-state index contributed by atoms with van der Waals surface area (Å²) in [6, 6.07) is 13.0. The Morgan fingerprint density at radius 2 is 2.12 bits per heavy atom. The zero-order valence-electron chi connectivity index (χ0n) is 13.8. The third-order valence-corrected chi connectivity index (χ3v) is 4.19. The second-order valence-electron chi connectivity index (χ2n) is 5.66. The number of aromatic nitrogens is 2. The fourth-order valence-corrected chi connectivity index (χ4v) is 2.57. The Hall–Kier alpha value is -3.58. The van der Waals surface area contributed by atoms with Gasteiger partial charge in [-0.05, 0) is 19.1 Å². The molecule has 0 spiro atoms. The molecule has 124 valence electrons. The second-order valence-corrected chi connectivity index (χ2v) is 5.66. The number of likely N-dealkylation sites (N-methyl/N-ethyl adjacent to an activating group) is 1. The molecular weight excluding hydrogens is 318 g/mol. The van der Waals surface area contributed by atoms with Crippen molar-refractivity contribution in [1.82, 2.24) is 14.5 Å². The molecule has 0 fully saturated rings. The minimum atomic E-state index is -0.274. The molecule has 0 saturated heterocycles. The highest BCUT2D eigenvalue weighted by Crippen LogP contribution is 2.26. The van der Waals surface area contributed by atoms with Crippen molar-refractivity contribution in [3.63, 3.8) is 0 Å². The van der Waals surface area contributed by atoms with Crippen LogP contribution >= 0.6 is 0 Å². The lowest BCUT2D eigenvalue weighted by Crippen LogP contribution is -2.32. The van der Waals surface area contributed by atoms with E-state index in [1.165, 1.54) is 10.9 Å². The van der Waals surface area contributed by atoms with Crippen molar-refractivity contribution in [1.29, 1.82) is 10.5 Å². The number of nitriles is 2. The monoisotopic (exact) mass is 333 g/mol. The molecule has 1 amide bonds. The van der Waals surface area contributed by atoms with Crippen LogP contribution in [0.4, 0.5) is 0 Å². The van der Waals surface area contributed by atoms with Crippen LogP contribution in [0.3, 0.4) is 0 Å². The van der Waals surface area contributed by atoms with Crippen LogP contribution in [-0.4, -0.2) is 27.4 Å². The van der Waals surface area contributed by atoms with E-state index in [1.54, 1.807) is 11.9 Å². The summed E-state index contributed by atoms with van der Waals surface area (Å²) in [7, 11) is 1.67. The number of nitrogens with zero attached hydrogens (tertiary/aromatic N) is 5. The largest absolute Gasteiger partial charge is 0.459 e. The fraction of sp³-hybridized carbons (Fsp3) is 0.222. The molecule has 3 rings (SSSR count). The number of para-hydroxylation sites is 1. The van der Waals surface area contributed by atoms with Crippen LogP contribution in [0.5, 0.6) is 0 Å². The highest BCUT2D eigenvalue weighted by molar-refractivity contribution is 5.79. The molecule has 7 nitrogen and oxygen atoms in total. The van der Waals surface area contributed by atoms with Crippen LogP contribution in [0.1, 0.15) is 30.1 Å². The van der Waals surface area contributed by atoms with Crippen LogP contribution in [0.15, 0.2) is 41.1 Å². The highest BCUT2D eigenvalue weighted by Gasteiger charge is 2.22. The van der Waals surface area contributed by atoms with Crippen LogP contribution in [-0.2, 0) is 11.3 Å². The van der Waals surface area contributed by atoms with E-state index < -0.39 is 0 Å². The van der Waals surface area contributed by atoms with E-state index in [9.17, 15) is 4.79 Å². The lowest BCUT2D eigenvalue weighted by Gasteiger charge is -2.23. The number of furan rings is 1. The first-order valence-electron chi connectivity index (χ1n) is 7.64. The first-order valence-corrected chi connectivity index (χ1v) is 7.64. The third-order valence-electron chi connectivity index (χ3n) is 4.19. The summed E-state index contributed by atoms with van der Waals surface area (Å²) in [5.41, 5.74) is 0.870. The average Bonchev–Trinajstić information content (AvgIpc) is 3.23. The van der Waals surface area contributed by atoms with Gasteiger partial charge in [0.2, 0.25) is 5.91 Å². The maximum absolute atomic E-state index is 12.6. The zero-order chi connectivity index (χ0) is 18.0. The summed E-state index contributed by atoms with van der Waals surface area (Å²) in [4.78, 5) is 17.9. The van der Waals surface area contributed by atoms with E-state index in [0.717, 1.165) is 11.0 Å². The number of imidazole rings is 1. The molecule has 2 aromatic heterocycles. The number of fused-ring (bicyclic) bond motifs is 1. The van der Waals surface area contributed by atoms with Crippen LogP contribution < -0.4 is 0 Å². The summed E-state index contributed by atoms with van der Waals surface area (Å²) < 4.78 is 7.19. The Bertz CT molecular complexity index is 985. The van der Waals surface area contributed by atoms with Crippen molar-refractivity contribution in [2.75, 3.05) is 7.05 Å². The van der Waals surface area contributed by atoms with Gasteiger partial charge in [0, 0.05) is 12.4 Å². The van der Waals surface area contributed by atoms with Crippen LogP contribution in [0.25, 0.3) is 11.0 Å². The molecule has 2 heterocycles. The predicted molar refractivity (Wildman–Crippen MR) is 89.1 cm³/mol. The molecule has 0 aliphatic carbocycles. The Labute approximate surface area is 144 Å². The highest BCUT2D eigenvalue weighted by atomic mass is 16.3. The van der Waals surface area contributed by atoms with Crippen molar-refractivity contribution >= 4 is 16.9 Å². The fourth-order valence-electron chi connectivity index (χ4n) is 2.57. The van der Waals surface area contributed by atoms with Gasteiger partial charge in [0.05, 0.1) is 12.4 Å². The number of benzene rings is 1. The van der Waals surface area contributed by atoms with Gasteiger partial charge in [-0.3, -0.25) is 4.79 Å². The van der Waals surface area contributed by atoms with Gasteiger partial charge in [-0.15, -0.1) is 0 Å². The average molecular weight is 333 g/mol. The maximum Gasteiger partial charge on any atom is 0.242 e. The summed E-state index contributed by atoms with van der Waals surface area (Å²) in [5.74, 6) is 0.465. The number of hydrogen-bond donors (Lipinski definition) is 0. The van der Waals surface area contributed by atoms with Gasteiger partial charge in [-0.1, -0.05) is 18.2 Å². The molecule has 0 aliphatic rings. The zero-order valence-corrected chi connectivity index (χ0v) is 13.8. The van der Waals surface area contributed by atoms with Gasteiger partial charge >= 0.3 is 0 Å². The molecule has 7 heteroatoms. The first-order chi connectivity index (χ1) is 12.0. The molecule has 0 bridgehead atoms. The molecular formula is C18H15N5O2. The predicted octanol–water partition coefficient (Wildman–Crippen LogP) is 2.59. The molecule has 0 saturated carbocycles. The number of carbonyl (C=O) groups is 1.